The molecule has 0 radical (unpaired) electrons. The van der Waals surface area contributed by atoms with Gasteiger partial charge >= 0.3 is 0 Å². The average Bonchev–Trinajstić information content (AvgIpc) is 2.93. The number of hydrogen-bond acceptors (Lipinski definition) is 6. The number of ether oxygens (including phenoxy) is 1. The predicted molar refractivity (Wildman–Crippen MR) is 76.2 cm³/mol. The number of fused-ring (bicyclic) bond motifs is 1. The number of furan rings is 1. The maximum atomic E-state index is 6.03. The van der Waals surface area contributed by atoms with E-state index in [4.69, 9.17) is 13.6 Å². The van der Waals surface area contributed by atoms with Crippen LogP contribution in [0.2, 0.25) is 0 Å². The predicted octanol–water partition coefficient (Wildman–Crippen LogP) is 1.94. The van der Waals surface area contributed by atoms with E-state index in [1.54, 1.807) is 6.26 Å². The molecule has 0 bridgehead atoms. The van der Waals surface area contributed by atoms with E-state index in [0.29, 0.717) is 18.4 Å². The van der Waals surface area contributed by atoms with Crippen LogP contribution in [0.1, 0.15) is 36.3 Å². The largest absolute Gasteiger partial charge is 0.468 e. The van der Waals surface area contributed by atoms with E-state index < -0.39 is 0 Å². The molecule has 116 valence electrons. The molecule has 0 N–H and O–H groups in total. The second-order valence-corrected chi connectivity index (χ2v) is 6.84. The zero-order valence-corrected chi connectivity index (χ0v) is 12.4. The molecule has 2 saturated heterocycles. The van der Waals surface area contributed by atoms with Crippen LogP contribution in [-0.2, 0) is 16.7 Å². The van der Waals surface area contributed by atoms with Gasteiger partial charge in [-0.3, -0.25) is 4.90 Å². The van der Waals surface area contributed by atoms with Crippen LogP contribution in [0.15, 0.2) is 27.2 Å². The highest BCUT2D eigenvalue weighted by Crippen LogP contribution is 2.46. The summed E-state index contributed by atoms with van der Waals surface area (Å²) in [7, 11) is 0. The van der Waals surface area contributed by atoms with E-state index in [1.807, 2.05) is 12.1 Å². The first kappa shape index (κ1) is 12.8. The SMILES string of the molecule is c1coc(CN2C[C@H]3COC[C@@]3(c3nnc(C4CC4)o3)C2)c1. The van der Waals surface area contributed by atoms with E-state index in [2.05, 4.69) is 15.1 Å². The van der Waals surface area contributed by atoms with Crippen LogP contribution >= 0.6 is 0 Å². The molecule has 2 aromatic heterocycles. The van der Waals surface area contributed by atoms with Crippen LogP contribution in [0.5, 0.6) is 0 Å². The molecule has 3 fully saturated rings. The molecule has 0 aromatic carbocycles. The van der Waals surface area contributed by atoms with Crippen LogP contribution in [-0.4, -0.2) is 41.4 Å². The van der Waals surface area contributed by atoms with E-state index in [0.717, 1.165) is 43.8 Å². The first-order valence-electron chi connectivity index (χ1n) is 8.00. The molecular formula is C16H19N3O3. The van der Waals surface area contributed by atoms with Crippen molar-refractivity contribution in [2.45, 2.75) is 30.7 Å². The Labute approximate surface area is 128 Å². The zero-order valence-electron chi connectivity index (χ0n) is 12.4. The lowest BCUT2D eigenvalue weighted by atomic mass is 9.81. The maximum absolute atomic E-state index is 6.03. The second-order valence-electron chi connectivity index (χ2n) is 6.84. The molecule has 0 unspecified atom stereocenters. The summed E-state index contributed by atoms with van der Waals surface area (Å²) in [5.41, 5.74) is -0.132. The summed E-state index contributed by atoms with van der Waals surface area (Å²) in [5.74, 6) is 3.52. The van der Waals surface area contributed by atoms with Crippen LogP contribution in [0.3, 0.4) is 0 Å². The van der Waals surface area contributed by atoms with Gasteiger partial charge in [0.05, 0.1) is 31.4 Å². The van der Waals surface area contributed by atoms with Gasteiger partial charge in [-0.1, -0.05) is 0 Å². The lowest BCUT2D eigenvalue weighted by Crippen LogP contribution is -2.35. The standard InChI is InChI=1S/C16H19N3O3/c1-2-13(21-5-1)7-19-6-12-8-20-10-16(12,9-19)15-18-17-14(22-15)11-3-4-11/h1-2,5,11-12H,3-4,6-10H2/t12-,16-/m0/s1. The van der Waals surface area contributed by atoms with Crippen molar-refractivity contribution in [2.75, 3.05) is 26.3 Å². The molecule has 3 aliphatic rings. The fourth-order valence-corrected chi connectivity index (χ4v) is 3.82. The summed E-state index contributed by atoms with van der Waals surface area (Å²) in [4.78, 5) is 2.41. The minimum absolute atomic E-state index is 0.132. The normalized spacial score (nSPS) is 31.7. The number of nitrogens with zero attached hydrogens (tertiary/aromatic N) is 3. The number of rotatable bonds is 4. The molecule has 2 aliphatic heterocycles. The molecule has 0 spiro atoms. The molecule has 0 amide bonds. The van der Waals surface area contributed by atoms with Crippen LogP contribution in [0.4, 0.5) is 0 Å². The Morgan fingerprint density at radius 2 is 2.27 bits per heavy atom. The molecule has 22 heavy (non-hydrogen) atoms. The van der Waals surface area contributed by atoms with E-state index in [1.165, 1.54) is 12.8 Å². The third-order valence-electron chi connectivity index (χ3n) is 5.20. The summed E-state index contributed by atoms with van der Waals surface area (Å²) in [6, 6.07) is 3.96. The van der Waals surface area contributed by atoms with Crippen molar-refractivity contribution in [1.29, 1.82) is 0 Å². The van der Waals surface area contributed by atoms with Crippen molar-refractivity contribution in [3.8, 4) is 0 Å². The quantitative estimate of drug-likeness (QED) is 0.860. The molecule has 5 rings (SSSR count). The molecule has 1 saturated carbocycles. The minimum atomic E-state index is -0.132. The van der Waals surface area contributed by atoms with Crippen molar-refractivity contribution < 1.29 is 13.6 Å². The Balaban J connectivity index is 1.41. The molecular weight excluding hydrogens is 282 g/mol. The highest BCUT2D eigenvalue weighted by atomic mass is 16.5. The molecule has 1 aliphatic carbocycles. The summed E-state index contributed by atoms with van der Waals surface area (Å²) in [5, 5.41) is 8.65. The first-order valence-corrected chi connectivity index (χ1v) is 8.00. The van der Waals surface area contributed by atoms with E-state index >= 15 is 0 Å². The summed E-state index contributed by atoms with van der Waals surface area (Å²) >= 11 is 0. The lowest BCUT2D eigenvalue weighted by molar-refractivity contribution is 0.137. The van der Waals surface area contributed by atoms with Gasteiger partial charge in [0.1, 0.15) is 5.76 Å². The van der Waals surface area contributed by atoms with Crippen molar-refractivity contribution in [1.82, 2.24) is 15.1 Å². The average molecular weight is 301 g/mol. The third kappa shape index (κ3) is 1.94. The molecule has 2 atom stereocenters. The molecule has 4 heterocycles. The van der Waals surface area contributed by atoms with Crippen molar-refractivity contribution >= 4 is 0 Å². The zero-order chi connectivity index (χ0) is 14.6. The Hall–Kier alpha value is -1.66. The highest BCUT2D eigenvalue weighted by Gasteiger charge is 2.55. The smallest absolute Gasteiger partial charge is 0.226 e. The fourth-order valence-electron chi connectivity index (χ4n) is 3.82. The number of likely N-dealkylation sites (tertiary alicyclic amines) is 1. The summed E-state index contributed by atoms with van der Waals surface area (Å²) in [6.45, 7) is 4.16. The van der Waals surface area contributed by atoms with Gasteiger partial charge in [0, 0.05) is 24.9 Å². The monoisotopic (exact) mass is 301 g/mol. The number of hydrogen-bond donors (Lipinski definition) is 0. The van der Waals surface area contributed by atoms with Gasteiger partial charge in [-0.05, 0) is 25.0 Å². The molecule has 6 heteroatoms. The summed E-state index contributed by atoms with van der Waals surface area (Å²) < 4.78 is 17.3. The Kier molecular flexibility index (Phi) is 2.72. The van der Waals surface area contributed by atoms with Crippen molar-refractivity contribution in [3.63, 3.8) is 0 Å². The fraction of sp³-hybridized carbons (Fsp3) is 0.625. The van der Waals surface area contributed by atoms with Crippen LogP contribution in [0, 0.1) is 5.92 Å². The van der Waals surface area contributed by atoms with Gasteiger partial charge in [0.15, 0.2) is 0 Å². The minimum Gasteiger partial charge on any atom is -0.468 e. The highest BCUT2D eigenvalue weighted by molar-refractivity contribution is 5.18. The van der Waals surface area contributed by atoms with Gasteiger partial charge in [0.2, 0.25) is 11.8 Å². The first-order chi connectivity index (χ1) is 10.8. The lowest BCUT2D eigenvalue weighted by Gasteiger charge is -2.22. The third-order valence-corrected chi connectivity index (χ3v) is 5.20. The Bertz CT molecular complexity index is 664. The van der Waals surface area contributed by atoms with E-state index in [9.17, 15) is 0 Å². The van der Waals surface area contributed by atoms with Crippen LogP contribution < -0.4 is 0 Å². The Morgan fingerprint density at radius 3 is 3.09 bits per heavy atom. The topological polar surface area (TPSA) is 64.5 Å². The van der Waals surface area contributed by atoms with Gasteiger partial charge < -0.3 is 13.6 Å². The Morgan fingerprint density at radius 1 is 1.32 bits per heavy atom. The molecule has 2 aromatic rings. The van der Waals surface area contributed by atoms with Crippen LogP contribution in [0.25, 0.3) is 0 Å². The van der Waals surface area contributed by atoms with E-state index in [-0.39, 0.29) is 5.41 Å². The van der Waals surface area contributed by atoms with Gasteiger partial charge in [0.25, 0.3) is 0 Å². The second kappa shape index (κ2) is 4.67. The molecule has 6 nitrogen and oxygen atoms in total. The van der Waals surface area contributed by atoms with Crippen molar-refractivity contribution in [2.24, 2.45) is 5.92 Å². The summed E-state index contributed by atoms with van der Waals surface area (Å²) in [6.07, 6.45) is 4.09. The van der Waals surface area contributed by atoms with Gasteiger partial charge in [-0.2, -0.15) is 0 Å². The van der Waals surface area contributed by atoms with Crippen molar-refractivity contribution in [3.05, 3.63) is 35.9 Å². The maximum Gasteiger partial charge on any atom is 0.226 e. The van der Waals surface area contributed by atoms with Gasteiger partial charge in [-0.15, -0.1) is 10.2 Å². The van der Waals surface area contributed by atoms with Gasteiger partial charge in [-0.25, -0.2) is 0 Å². The number of aromatic nitrogens is 2.